The number of hydrogen-bond donors (Lipinski definition) is 0. The first-order chi connectivity index (χ1) is 8.09. The lowest BCUT2D eigenvalue weighted by molar-refractivity contribution is 1.14. The van der Waals surface area contributed by atoms with Crippen molar-refractivity contribution in [3.8, 4) is 0 Å². The fourth-order valence-corrected chi connectivity index (χ4v) is 3.25. The highest BCUT2D eigenvalue weighted by atomic mass is 79.9. The maximum atomic E-state index is 6.22. The van der Waals surface area contributed by atoms with Crippen LogP contribution in [0, 0.1) is 13.8 Å². The summed E-state index contributed by atoms with van der Waals surface area (Å²) in [6.07, 6.45) is 0. The maximum absolute atomic E-state index is 6.22. The van der Waals surface area contributed by atoms with Gasteiger partial charge in [0.15, 0.2) is 0 Å². The van der Waals surface area contributed by atoms with E-state index in [0.29, 0.717) is 0 Å². The Hall–Kier alpha value is -0.790. The van der Waals surface area contributed by atoms with Gasteiger partial charge in [0.25, 0.3) is 0 Å². The van der Waals surface area contributed by atoms with Crippen LogP contribution in [0.4, 0.5) is 0 Å². The Bertz CT molecular complexity index is 534. The largest absolute Gasteiger partial charge is 0.0840 e. The summed E-state index contributed by atoms with van der Waals surface area (Å²) < 4.78 is 0. The van der Waals surface area contributed by atoms with Crippen LogP contribution in [-0.4, -0.2) is 0 Å². The van der Waals surface area contributed by atoms with Crippen LogP contribution in [0.1, 0.15) is 27.1 Å². The van der Waals surface area contributed by atoms with Gasteiger partial charge in [0.2, 0.25) is 0 Å². The molecular weight excluding hydrogens is 296 g/mol. The second-order valence-corrected chi connectivity index (χ2v) is 5.57. The van der Waals surface area contributed by atoms with Crippen molar-refractivity contribution in [1.82, 2.24) is 0 Å². The fourth-order valence-electron chi connectivity index (χ4n) is 1.96. The summed E-state index contributed by atoms with van der Waals surface area (Å²) in [6.45, 7) is 4.24. The minimum atomic E-state index is 0.150. The van der Waals surface area contributed by atoms with Crippen LogP contribution in [0.2, 0.25) is 5.02 Å². The number of halogens is 2. The van der Waals surface area contributed by atoms with Crippen molar-refractivity contribution in [3.63, 3.8) is 0 Å². The summed E-state index contributed by atoms with van der Waals surface area (Å²) in [5.74, 6) is 0. The van der Waals surface area contributed by atoms with Gasteiger partial charge in [0.05, 0.1) is 4.83 Å². The van der Waals surface area contributed by atoms with E-state index in [0.717, 1.165) is 10.6 Å². The van der Waals surface area contributed by atoms with E-state index in [9.17, 15) is 0 Å². The first-order valence-corrected chi connectivity index (χ1v) is 6.84. The molecule has 0 aliphatic heterocycles. The molecule has 0 aromatic heterocycles. The van der Waals surface area contributed by atoms with E-state index in [-0.39, 0.29) is 4.83 Å². The Balaban J connectivity index is 2.44. The molecule has 0 saturated heterocycles. The molecule has 2 aromatic rings. The van der Waals surface area contributed by atoms with Gasteiger partial charge < -0.3 is 0 Å². The zero-order valence-corrected chi connectivity index (χ0v) is 12.2. The topological polar surface area (TPSA) is 0 Å². The second-order valence-electron chi connectivity index (χ2n) is 4.24. The molecule has 1 unspecified atom stereocenters. The number of rotatable bonds is 2. The van der Waals surface area contributed by atoms with E-state index in [2.05, 4.69) is 54.0 Å². The molecule has 0 radical (unpaired) electrons. The third-order valence-electron chi connectivity index (χ3n) is 2.88. The van der Waals surface area contributed by atoms with E-state index in [1.165, 1.54) is 16.7 Å². The smallest absolute Gasteiger partial charge is 0.0661 e. The maximum Gasteiger partial charge on any atom is 0.0661 e. The van der Waals surface area contributed by atoms with E-state index >= 15 is 0 Å². The molecule has 0 spiro atoms. The van der Waals surface area contributed by atoms with Gasteiger partial charge in [-0.25, -0.2) is 0 Å². The van der Waals surface area contributed by atoms with Crippen LogP contribution in [-0.2, 0) is 0 Å². The van der Waals surface area contributed by atoms with Gasteiger partial charge in [0, 0.05) is 5.02 Å². The van der Waals surface area contributed by atoms with Crippen LogP contribution in [0.15, 0.2) is 42.5 Å². The molecule has 0 fully saturated rings. The predicted molar refractivity (Wildman–Crippen MR) is 78.1 cm³/mol. The molecule has 0 nitrogen and oxygen atoms in total. The van der Waals surface area contributed by atoms with Crippen molar-refractivity contribution >= 4 is 27.5 Å². The Kier molecular flexibility index (Phi) is 3.90. The second kappa shape index (κ2) is 5.24. The molecule has 0 amide bonds. The standard InChI is InChI=1S/C15H14BrCl/c1-10-7-8-12(11(2)9-10)15(16)13-5-3-4-6-14(13)17/h3-9,15H,1-2H3. The lowest BCUT2D eigenvalue weighted by Crippen LogP contribution is -1.97. The highest BCUT2D eigenvalue weighted by molar-refractivity contribution is 9.09. The molecule has 0 N–H and O–H groups in total. The molecule has 0 aliphatic carbocycles. The number of alkyl halides is 1. The summed E-state index contributed by atoms with van der Waals surface area (Å²) in [4.78, 5) is 0.150. The molecule has 88 valence electrons. The molecule has 2 aromatic carbocycles. The molecule has 0 heterocycles. The summed E-state index contributed by atoms with van der Waals surface area (Å²) in [6, 6.07) is 14.4. The minimum Gasteiger partial charge on any atom is -0.0840 e. The van der Waals surface area contributed by atoms with Crippen molar-refractivity contribution in [3.05, 3.63) is 69.7 Å². The van der Waals surface area contributed by atoms with Crippen molar-refractivity contribution in [2.24, 2.45) is 0 Å². The first kappa shape index (κ1) is 12.7. The average molecular weight is 310 g/mol. The first-order valence-electron chi connectivity index (χ1n) is 5.55. The van der Waals surface area contributed by atoms with Crippen LogP contribution in [0.5, 0.6) is 0 Å². The van der Waals surface area contributed by atoms with E-state index in [1.807, 2.05) is 18.2 Å². The molecule has 0 bridgehead atoms. The Labute approximate surface area is 116 Å². The van der Waals surface area contributed by atoms with Gasteiger partial charge in [0.1, 0.15) is 0 Å². The third kappa shape index (κ3) is 2.72. The minimum absolute atomic E-state index is 0.150. The molecule has 0 saturated carbocycles. The fraction of sp³-hybridized carbons (Fsp3) is 0.200. The van der Waals surface area contributed by atoms with E-state index < -0.39 is 0 Å². The summed E-state index contributed by atoms with van der Waals surface area (Å²) in [5.41, 5.74) is 4.95. The Morgan fingerprint density at radius 1 is 1.00 bits per heavy atom. The monoisotopic (exact) mass is 308 g/mol. The molecule has 0 aliphatic rings. The normalized spacial score (nSPS) is 12.5. The summed E-state index contributed by atoms with van der Waals surface area (Å²) in [7, 11) is 0. The highest BCUT2D eigenvalue weighted by Gasteiger charge is 2.15. The van der Waals surface area contributed by atoms with Crippen molar-refractivity contribution in [2.45, 2.75) is 18.7 Å². The van der Waals surface area contributed by atoms with E-state index in [1.54, 1.807) is 0 Å². The van der Waals surface area contributed by atoms with Crippen LogP contribution < -0.4 is 0 Å². The average Bonchev–Trinajstić information content (AvgIpc) is 2.29. The molecule has 2 rings (SSSR count). The quantitative estimate of drug-likeness (QED) is 0.648. The zero-order valence-electron chi connectivity index (χ0n) is 9.87. The van der Waals surface area contributed by atoms with Gasteiger partial charge in [-0.3, -0.25) is 0 Å². The molecule has 1 atom stereocenters. The van der Waals surface area contributed by atoms with Gasteiger partial charge in [-0.15, -0.1) is 0 Å². The predicted octanol–water partition coefficient (Wildman–Crippen LogP) is 5.44. The van der Waals surface area contributed by atoms with Crippen molar-refractivity contribution in [2.75, 3.05) is 0 Å². The molecule has 17 heavy (non-hydrogen) atoms. The van der Waals surface area contributed by atoms with E-state index in [4.69, 9.17) is 11.6 Å². The Morgan fingerprint density at radius 3 is 2.35 bits per heavy atom. The van der Waals surface area contributed by atoms with Gasteiger partial charge in [-0.1, -0.05) is 69.5 Å². The number of benzene rings is 2. The summed E-state index contributed by atoms with van der Waals surface area (Å²) in [5, 5.41) is 0.800. The lowest BCUT2D eigenvalue weighted by atomic mass is 9.99. The van der Waals surface area contributed by atoms with Gasteiger partial charge in [-0.2, -0.15) is 0 Å². The van der Waals surface area contributed by atoms with Crippen LogP contribution in [0.25, 0.3) is 0 Å². The molecular formula is C15H14BrCl. The van der Waals surface area contributed by atoms with Crippen LogP contribution >= 0.6 is 27.5 Å². The zero-order chi connectivity index (χ0) is 12.4. The number of hydrogen-bond acceptors (Lipinski definition) is 0. The SMILES string of the molecule is Cc1ccc(C(Br)c2ccccc2Cl)c(C)c1. The van der Waals surface area contributed by atoms with Crippen molar-refractivity contribution < 1.29 is 0 Å². The van der Waals surface area contributed by atoms with Crippen LogP contribution in [0.3, 0.4) is 0 Å². The van der Waals surface area contributed by atoms with Crippen molar-refractivity contribution in [1.29, 1.82) is 0 Å². The summed E-state index contributed by atoms with van der Waals surface area (Å²) >= 11 is 9.96. The Morgan fingerprint density at radius 2 is 1.71 bits per heavy atom. The molecule has 2 heteroatoms. The van der Waals surface area contributed by atoms with Gasteiger partial charge in [-0.05, 0) is 36.6 Å². The number of aryl methyl sites for hydroxylation is 2. The highest BCUT2D eigenvalue weighted by Crippen LogP contribution is 2.36. The van der Waals surface area contributed by atoms with Gasteiger partial charge >= 0.3 is 0 Å². The third-order valence-corrected chi connectivity index (χ3v) is 4.21. The lowest BCUT2D eigenvalue weighted by Gasteiger charge is -2.15.